The number of hydrogen-bond acceptors (Lipinski definition) is 6. The standard InChI is InChI=1S/C25H32BrN5O2/c1-33-25(32)23(18-2-6-20(26)7-3-18)31-12-10-22(11-13-31)30-16-14-29(15-17-30)21-8-4-19(5-9-21)24(27)28/h2-9,22-23H,10-17H2,1H3,(H3,27,28). The van der Waals surface area contributed by atoms with E-state index in [1.54, 1.807) is 0 Å². The summed E-state index contributed by atoms with van der Waals surface area (Å²) in [5, 5.41) is 7.55. The van der Waals surface area contributed by atoms with Crippen LogP contribution in [0.5, 0.6) is 0 Å². The van der Waals surface area contributed by atoms with E-state index in [0.29, 0.717) is 6.04 Å². The summed E-state index contributed by atoms with van der Waals surface area (Å²) in [6, 6.07) is 16.1. The maximum absolute atomic E-state index is 12.6. The van der Waals surface area contributed by atoms with E-state index in [0.717, 1.165) is 67.7 Å². The van der Waals surface area contributed by atoms with Crippen LogP contribution in [0.4, 0.5) is 5.69 Å². The van der Waals surface area contributed by atoms with Crippen molar-refractivity contribution >= 4 is 33.4 Å². The van der Waals surface area contributed by atoms with Crippen molar-refractivity contribution in [2.75, 3.05) is 51.3 Å². The van der Waals surface area contributed by atoms with Crippen molar-refractivity contribution in [3.05, 3.63) is 64.1 Å². The third-order valence-corrected chi connectivity index (χ3v) is 7.38. The van der Waals surface area contributed by atoms with Crippen LogP contribution in [0.3, 0.4) is 0 Å². The fraction of sp³-hybridized carbons (Fsp3) is 0.440. The number of carbonyl (C=O) groups excluding carboxylic acids is 1. The number of anilines is 1. The molecule has 7 nitrogen and oxygen atoms in total. The van der Waals surface area contributed by atoms with Crippen LogP contribution >= 0.6 is 15.9 Å². The SMILES string of the molecule is COC(=O)C(c1ccc(Br)cc1)N1CCC(N2CCN(c3ccc(C(=N)N)cc3)CC2)CC1. The lowest BCUT2D eigenvalue weighted by Gasteiger charge is -2.44. The van der Waals surface area contributed by atoms with E-state index in [1.807, 2.05) is 36.4 Å². The molecule has 2 heterocycles. The largest absolute Gasteiger partial charge is 0.468 e. The lowest BCUT2D eigenvalue weighted by atomic mass is 9.97. The quantitative estimate of drug-likeness (QED) is 0.350. The highest BCUT2D eigenvalue weighted by Gasteiger charge is 2.34. The molecule has 2 saturated heterocycles. The number of nitrogens with two attached hydrogens (primary N) is 1. The van der Waals surface area contributed by atoms with Crippen LogP contribution in [0.25, 0.3) is 0 Å². The average molecular weight is 514 g/mol. The van der Waals surface area contributed by atoms with Crippen LogP contribution in [0.15, 0.2) is 53.0 Å². The number of rotatable bonds is 6. The van der Waals surface area contributed by atoms with E-state index in [9.17, 15) is 4.79 Å². The van der Waals surface area contributed by atoms with Crippen LogP contribution in [-0.4, -0.2) is 74.0 Å². The van der Waals surface area contributed by atoms with Gasteiger partial charge in [0.1, 0.15) is 11.9 Å². The molecule has 2 aromatic carbocycles. The number of likely N-dealkylation sites (tertiary alicyclic amines) is 1. The zero-order valence-corrected chi connectivity index (χ0v) is 20.6. The number of esters is 1. The summed E-state index contributed by atoms with van der Waals surface area (Å²) in [5.74, 6) is -0.0903. The Morgan fingerprint density at radius 2 is 1.61 bits per heavy atom. The van der Waals surface area contributed by atoms with Crippen molar-refractivity contribution in [1.29, 1.82) is 5.41 Å². The molecule has 176 valence electrons. The number of piperidine rings is 1. The first-order valence-corrected chi connectivity index (χ1v) is 12.3. The monoisotopic (exact) mass is 513 g/mol. The molecule has 0 aromatic heterocycles. The van der Waals surface area contributed by atoms with E-state index >= 15 is 0 Å². The molecule has 33 heavy (non-hydrogen) atoms. The van der Waals surface area contributed by atoms with Crippen LogP contribution < -0.4 is 10.6 Å². The highest BCUT2D eigenvalue weighted by Crippen LogP contribution is 2.29. The molecule has 2 aromatic rings. The highest BCUT2D eigenvalue weighted by atomic mass is 79.9. The minimum atomic E-state index is -0.348. The van der Waals surface area contributed by atoms with Gasteiger partial charge in [0.25, 0.3) is 0 Å². The fourth-order valence-electron chi connectivity index (χ4n) is 4.96. The van der Waals surface area contributed by atoms with E-state index in [-0.39, 0.29) is 17.8 Å². The minimum Gasteiger partial charge on any atom is -0.468 e. The number of nitrogen functional groups attached to an aromatic ring is 1. The van der Waals surface area contributed by atoms with Crippen molar-refractivity contribution in [1.82, 2.24) is 9.80 Å². The number of ether oxygens (including phenoxy) is 1. The molecule has 0 radical (unpaired) electrons. The van der Waals surface area contributed by atoms with Gasteiger partial charge in [0.05, 0.1) is 7.11 Å². The summed E-state index contributed by atoms with van der Waals surface area (Å²) >= 11 is 3.47. The van der Waals surface area contributed by atoms with Crippen molar-refractivity contribution in [2.45, 2.75) is 24.9 Å². The predicted molar refractivity (Wildman–Crippen MR) is 135 cm³/mol. The van der Waals surface area contributed by atoms with Crippen LogP contribution in [0.1, 0.15) is 30.0 Å². The minimum absolute atomic E-state index is 0.104. The molecule has 2 aliphatic heterocycles. The summed E-state index contributed by atoms with van der Waals surface area (Å²) in [6.07, 6.45) is 2.11. The maximum Gasteiger partial charge on any atom is 0.327 e. The fourth-order valence-corrected chi connectivity index (χ4v) is 5.22. The Labute approximate surface area is 204 Å². The summed E-state index contributed by atoms with van der Waals surface area (Å²) in [5.41, 5.74) is 8.49. The van der Waals surface area contributed by atoms with Gasteiger partial charge in [-0.05, 0) is 54.8 Å². The number of benzene rings is 2. The second kappa shape index (κ2) is 10.7. The number of nitrogens with zero attached hydrogens (tertiary/aromatic N) is 3. The Morgan fingerprint density at radius 1 is 1.00 bits per heavy atom. The molecule has 8 heteroatoms. The van der Waals surface area contributed by atoms with Crippen molar-refractivity contribution in [3.8, 4) is 0 Å². The Morgan fingerprint density at radius 3 is 2.15 bits per heavy atom. The van der Waals surface area contributed by atoms with Crippen LogP contribution in [-0.2, 0) is 9.53 Å². The van der Waals surface area contributed by atoms with Gasteiger partial charge in [-0.15, -0.1) is 0 Å². The van der Waals surface area contributed by atoms with Gasteiger partial charge in [-0.25, -0.2) is 4.79 Å². The number of hydrogen-bond donors (Lipinski definition) is 2. The summed E-state index contributed by atoms with van der Waals surface area (Å²) in [4.78, 5) is 19.9. The first-order valence-electron chi connectivity index (χ1n) is 11.5. The second-order valence-electron chi connectivity index (χ2n) is 8.73. The lowest BCUT2D eigenvalue weighted by Crippen LogP contribution is -2.54. The normalized spacial score (nSPS) is 19.3. The third-order valence-electron chi connectivity index (χ3n) is 6.85. The van der Waals surface area contributed by atoms with E-state index in [1.165, 1.54) is 12.8 Å². The van der Waals surface area contributed by atoms with Gasteiger partial charge in [0.2, 0.25) is 0 Å². The molecule has 2 aliphatic rings. The van der Waals surface area contributed by atoms with E-state index in [2.05, 4.69) is 42.8 Å². The van der Waals surface area contributed by atoms with Gasteiger partial charge < -0.3 is 15.4 Å². The van der Waals surface area contributed by atoms with E-state index in [4.69, 9.17) is 15.9 Å². The lowest BCUT2D eigenvalue weighted by molar-refractivity contribution is -0.148. The zero-order valence-electron chi connectivity index (χ0n) is 19.0. The molecule has 3 N–H and O–H groups in total. The number of piperazine rings is 1. The first-order chi connectivity index (χ1) is 16.0. The topological polar surface area (TPSA) is 85.9 Å². The molecular formula is C25H32BrN5O2. The Kier molecular flexibility index (Phi) is 7.67. The number of methoxy groups -OCH3 is 1. The van der Waals surface area contributed by atoms with Gasteiger partial charge in [-0.3, -0.25) is 15.2 Å². The van der Waals surface area contributed by atoms with Crippen LogP contribution in [0, 0.1) is 5.41 Å². The van der Waals surface area contributed by atoms with Crippen LogP contribution in [0.2, 0.25) is 0 Å². The third kappa shape index (κ3) is 5.57. The molecule has 1 unspecified atom stereocenters. The molecule has 0 bridgehead atoms. The smallest absolute Gasteiger partial charge is 0.327 e. The molecule has 0 saturated carbocycles. The summed E-state index contributed by atoms with van der Waals surface area (Å²) in [7, 11) is 1.47. The molecule has 0 amide bonds. The van der Waals surface area contributed by atoms with Crippen molar-refractivity contribution in [2.24, 2.45) is 5.73 Å². The highest BCUT2D eigenvalue weighted by molar-refractivity contribution is 9.10. The maximum atomic E-state index is 12.6. The van der Waals surface area contributed by atoms with Gasteiger partial charge in [-0.2, -0.15) is 0 Å². The van der Waals surface area contributed by atoms with Crippen molar-refractivity contribution < 1.29 is 9.53 Å². The van der Waals surface area contributed by atoms with Gasteiger partial charge in [0, 0.05) is 61.0 Å². The van der Waals surface area contributed by atoms with E-state index < -0.39 is 0 Å². The predicted octanol–water partition coefficient (Wildman–Crippen LogP) is 3.23. The van der Waals surface area contributed by atoms with Gasteiger partial charge >= 0.3 is 5.97 Å². The number of carbonyl (C=O) groups is 1. The van der Waals surface area contributed by atoms with Gasteiger partial charge in [-0.1, -0.05) is 28.1 Å². The molecule has 0 spiro atoms. The molecule has 1 atom stereocenters. The zero-order chi connectivity index (χ0) is 23.4. The molecule has 2 fully saturated rings. The summed E-state index contributed by atoms with van der Waals surface area (Å²) < 4.78 is 6.14. The number of nitrogens with one attached hydrogen (secondary N) is 1. The average Bonchev–Trinajstić information content (AvgIpc) is 2.86. The summed E-state index contributed by atoms with van der Waals surface area (Å²) in [6.45, 7) is 5.81. The number of halogens is 1. The van der Waals surface area contributed by atoms with Gasteiger partial charge in [0.15, 0.2) is 0 Å². The molecule has 0 aliphatic carbocycles. The Bertz CT molecular complexity index is 950. The molecule has 4 rings (SSSR count). The first kappa shape index (κ1) is 23.7. The Balaban J connectivity index is 1.32. The number of amidine groups is 1. The Hall–Kier alpha value is -2.42. The second-order valence-corrected chi connectivity index (χ2v) is 9.64. The van der Waals surface area contributed by atoms with Crippen molar-refractivity contribution in [3.63, 3.8) is 0 Å². The molecular weight excluding hydrogens is 482 g/mol.